The maximum Gasteiger partial charge on any atom is 0.126 e. The summed E-state index contributed by atoms with van der Waals surface area (Å²) in [5.74, 6) is -0.621. The fourth-order valence-electron chi connectivity index (χ4n) is 1.90. The van der Waals surface area contributed by atoms with E-state index in [1.54, 1.807) is 6.92 Å². The number of hydrogen-bond acceptors (Lipinski definition) is 1. The first kappa shape index (κ1) is 15.1. The predicted molar refractivity (Wildman–Crippen MR) is 71.7 cm³/mol. The second kappa shape index (κ2) is 6.28. The molecule has 0 saturated carbocycles. The Morgan fingerprint density at radius 2 is 1.83 bits per heavy atom. The first-order valence-electron chi connectivity index (χ1n) is 6.51. The van der Waals surface area contributed by atoms with Crippen LogP contribution in [0.3, 0.4) is 0 Å². The molecule has 0 radical (unpaired) electrons. The third-order valence-electron chi connectivity index (χ3n) is 3.25. The van der Waals surface area contributed by atoms with Crippen molar-refractivity contribution in [2.45, 2.75) is 40.5 Å². The normalized spacial score (nSPS) is 11.9. The van der Waals surface area contributed by atoms with E-state index in [9.17, 15) is 8.78 Å². The molecular formula is C15H23F2N. The molecule has 0 heterocycles. The summed E-state index contributed by atoms with van der Waals surface area (Å²) in [5, 5.41) is 3.29. The average molecular weight is 255 g/mol. The van der Waals surface area contributed by atoms with Crippen molar-refractivity contribution in [2.24, 2.45) is 5.41 Å². The smallest absolute Gasteiger partial charge is 0.126 e. The Hall–Kier alpha value is -0.960. The molecule has 1 N–H and O–H groups in total. The van der Waals surface area contributed by atoms with Crippen molar-refractivity contribution in [3.8, 4) is 0 Å². The summed E-state index contributed by atoms with van der Waals surface area (Å²) < 4.78 is 27.1. The SMILES string of the molecule is CCNCC(C)(C)CCc1cc(F)c(C)cc1F. The van der Waals surface area contributed by atoms with E-state index in [-0.39, 0.29) is 17.0 Å². The highest BCUT2D eigenvalue weighted by Crippen LogP contribution is 2.24. The Labute approximate surface area is 109 Å². The van der Waals surface area contributed by atoms with E-state index in [1.165, 1.54) is 12.1 Å². The second-order valence-electron chi connectivity index (χ2n) is 5.64. The minimum Gasteiger partial charge on any atom is -0.316 e. The molecule has 0 saturated heterocycles. The lowest BCUT2D eigenvalue weighted by Gasteiger charge is -2.25. The van der Waals surface area contributed by atoms with E-state index in [1.807, 2.05) is 0 Å². The van der Waals surface area contributed by atoms with Crippen LogP contribution in [0.2, 0.25) is 0 Å². The second-order valence-corrected chi connectivity index (χ2v) is 5.64. The maximum absolute atomic E-state index is 13.7. The number of halogens is 2. The molecule has 0 bridgehead atoms. The zero-order valence-corrected chi connectivity index (χ0v) is 11.7. The van der Waals surface area contributed by atoms with Gasteiger partial charge in [-0.15, -0.1) is 0 Å². The molecule has 0 spiro atoms. The first-order chi connectivity index (χ1) is 8.35. The third-order valence-corrected chi connectivity index (χ3v) is 3.25. The molecule has 0 fully saturated rings. The molecule has 1 aromatic carbocycles. The van der Waals surface area contributed by atoms with Crippen molar-refractivity contribution >= 4 is 0 Å². The summed E-state index contributed by atoms with van der Waals surface area (Å²) >= 11 is 0. The molecule has 1 nitrogen and oxygen atoms in total. The third kappa shape index (κ3) is 4.37. The minimum absolute atomic E-state index is 0.0871. The number of aryl methyl sites for hydroxylation is 2. The van der Waals surface area contributed by atoms with E-state index < -0.39 is 0 Å². The minimum atomic E-state index is -0.323. The van der Waals surface area contributed by atoms with Crippen molar-refractivity contribution in [3.05, 3.63) is 34.9 Å². The summed E-state index contributed by atoms with van der Waals surface area (Å²) in [6, 6.07) is 2.61. The number of benzene rings is 1. The lowest BCUT2D eigenvalue weighted by Crippen LogP contribution is -2.29. The zero-order chi connectivity index (χ0) is 13.8. The Balaban J connectivity index is 2.66. The fraction of sp³-hybridized carbons (Fsp3) is 0.600. The maximum atomic E-state index is 13.7. The highest BCUT2D eigenvalue weighted by Gasteiger charge is 2.18. The van der Waals surface area contributed by atoms with Gasteiger partial charge in [0.05, 0.1) is 0 Å². The van der Waals surface area contributed by atoms with E-state index >= 15 is 0 Å². The van der Waals surface area contributed by atoms with Gasteiger partial charge in [0.1, 0.15) is 11.6 Å². The van der Waals surface area contributed by atoms with Crippen LogP contribution in [0.15, 0.2) is 12.1 Å². The molecule has 0 atom stereocenters. The van der Waals surface area contributed by atoms with Crippen LogP contribution in [-0.2, 0) is 6.42 Å². The fourth-order valence-corrected chi connectivity index (χ4v) is 1.90. The molecule has 0 unspecified atom stereocenters. The number of hydrogen-bond donors (Lipinski definition) is 1. The summed E-state index contributed by atoms with van der Waals surface area (Å²) in [7, 11) is 0. The molecule has 3 heteroatoms. The van der Waals surface area contributed by atoms with E-state index in [0.29, 0.717) is 17.5 Å². The topological polar surface area (TPSA) is 12.0 Å². The summed E-state index contributed by atoms with van der Waals surface area (Å²) in [4.78, 5) is 0. The zero-order valence-electron chi connectivity index (χ0n) is 11.7. The highest BCUT2D eigenvalue weighted by molar-refractivity contribution is 5.25. The monoisotopic (exact) mass is 255 g/mol. The van der Waals surface area contributed by atoms with Crippen LogP contribution in [0.5, 0.6) is 0 Å². The molecule has 0 aliphatic heterocycles. The highest BCUT2D eigenvalue weighted by atomic mass is 19.1. The van der Waals surface area contributed by atoms with Crippen molar-refractivity contribution in [1.82, 2.24) is 5.32 Å². The van der Waals surface area contributed by atoms with Gasteiger partial charge < -0.3 is 5.32 Å². The van der Waals surface area contributed by atoms with Crippen LogP contribution in [0.1, 0.15) is 38.3 Å². The molecule has 18 heavy (non-hydrogen) atoms. The van der Waals surface area contributed by atoms with Gasteiger partial charge in [0, 0.05) is 6.54 Å². The molecule has 0 aliphatic rings. The van der Waals surface area contributed by atoms with Crippen molar-refractivity contribution in [1.29, 1.82) is 0 Å². The summed E-state index contributed by atoms with van der Waals surface area (Å²) in [6.45, 7) is 9.73. The van der Waals surface area contributed by atoms with Gasteiger partial charge in [-0.05, 0) is 55.0 Å². The molecular weight excluding hydrogens is 232 g/mol. The Morgan fingerprint density at radius 1 is 1.17 bits per heavy atom. The van der Waals surface area contributed by atoms with Crippen LogP contribution < -0.4 is 5.32 Å². The number of rotatable bonds is 6. The molecule has 0 amide bonds. The van der Waals surface area contributed by atoms with Crippen LogP contribution >= 0.6 is 0 Å². The first-order valence-corrected chi connectivity index (χ1v) is 6.51. The summed E-state index contributed by atoms with van der Waals surface area (Å²) in [5.41, 5.74) is 0.926. The van der Waals surface area contributed by atoms with Crippen molar-refractivity contribution in [2.75, 3.05) is 13.1 Å². The van der Waals surface area contributed by atoms with E-state index in [4.69, 9.17) is 0 Å². The van der Waals surface area contributed by atoms with Gasteiger partial charge in [0.2, 0.25) is 0 Å². The van der Waals surface area contributed by atoms with Crippen molar-refractivity contribution in [3.63, 3.8) is 0 Å². The molecule has 0 aliphatic carbocycles. The van der Waals surface area contributed by atoms with Gasteiger partial charge >= 0.3 is 0 Å². The standard InChI is InChI=1S/C15H23F2N/c1-5-18-10-15(3,4)7-6-12-9-13(16)11(2)8-14(12)17/h8-9,18H,5-7,10H2,1-4H3. The van der Waals surface area contributed by atoms with Gasteiger partial charge in [0.15, 0.2) is 0 Å². The Bertz CT molecular complexity index is 400. The van der Waals surface area contributed by atoms with Crippen LogP contribution in [0.25, 0.3) is 0 Å². The van der Waals surface area contributed by atoms with Crippen molar-refractivity contribution < 1.29 is 8.78 Å². The van der Waals surface area contributed by atoms with Crippen LogP contribution in [0, 0.1) is 24.0 Å². The number of nitrogens with one attached hydrogen (secondary N) is 1. The molecule has 0 aromatic heterocycles. The van der Waals surface area contributed by atoms with Gasteiger partial charge in [0.25, 0.3) is 0 Å². The molecule has 1 aromatic rings. The van der Waals surface area contributed by atoms with Gasteiger partial charge in [-0.25, -0.2) is 8.78 Å². The van der Waals surface area contributed by atoms with Gasteiger partial charge in [-0.1, -0.05) is 20.8 Å². The van der Waals surface area contributed by atoms with Crippen LogP contribution in [0.4, 0.5) is 8.78 Å². The lowest BCUT2D eigenvalue weighted by atomic mass is 9.86. The molecule has 1 rings (SSSR count). The molecule has 102 valence electrons. The average Bonchev–Trinajstić information content (AvgIpc) is 2.30. The quantitative estimate of drug-likeness (QED) is 0.814. The Kier molecular flexibility index (Phi) is 5.27. The van der Waals surface area contributed by atoms with Gasteiger partial charge in [-0.3, -0.25) is 0 Å². The van der Waals surface area contributed by atoms with Crippen LogP contribution in [-0.4, -0.2) is 13.1 Å². The van der Waals surface area contributed by atoms with E-state index in [2.05, 4.69) is 26.1 Å². The summed E-state index contributed by atoms with van der Waals surface area (Å²) in [6.07, 6.45) is 1.40. The predicted octanol–water partition coefficient (Wildman–Crippen LogP) is 3.84. The Morgan fingerprint density at radius 3 is 2.44 bits per heavy atom. The lowest BCUT2D eigenvalue weighted by molar-refractivity contribution is 0.316. The largest absolute Gasteiger partial charge is 0.316 e. The van der Waals surface area contributed by atoms with E-state index in [0.717, 1.165) is 19.5 Å². The van der Waals surface area contributed by atoms with Gasteiger partial charge in [-0.2, -0.15) is 0 Å².